The number of carboxylic acid groups (broad SMARTS) is 1. The fraction of sp³-hybridized carbons (Fsp3) is 0.462. The van der Waals surface area contributed by atoms with Gasteiger partial charge in [0, 0.05) is 6.54 Å². The number of rotatable bonds is 3. The standard InChI is InChI=1S/C13H17NO2/c1-2-3-9-4-5-10-7-12(13(15)16)14-8-11(10)6-9/h4-6,12,14H,2-3,7-8H2,1H3,(H,15,16). The highest BCUT2D eigenvalue weighted by Crippen LogP contribution is 2.19. The van der Waals surface area contributed by atoms with Crippen LogP contribution in [0.2, 0.25) is 0 Å². The van der Waals surface area contributed by atoms with E-state index in [0.29, 0.717) is 13.0 Å². The lowest BCUT2D eigenvalue weighted by molar-refractivity contribution is -0.139. The highest BCUT2D eigenvalue weighted by Gasteiger charge is 2.23. The molecule has 0 fully saturated rings. The van der Waals surface area contributed by atoms with Crippen LogP contribution in [0.3, 0.4) is 0 Å². The zero-order valence-corrected chi connectivity index (χ0v) is 9.49. The summed E-state index contributed by atoms with van der Waals surface area (Å²) in [7, 11) is 0. The quantitative estimate of drug-likeness (QED) is 0.814. The number of carbonyl (C=O) groups is 1. The summed E-state index contributed by atoms with van der Waals surface area (Å²) < 4.78 is 0. The van der Waals surface area contributed by atoms with Gasteiger partial charge in [0.1, 0.15) is 6.04 Å². The Morgan fingerprint density at radius 1 is 1.50 bits per heavy atom. The Morgan fingerprint density at radius 3 is 3.00 bits per heavy atom. The van der Waals surface area contributed by atoms with Crippen LogP contribution < -0.4 is 5.32 Å². The molecule has 0 amide bonds. The van der Waals surface area contributed by atoms with E-state index in [1.54, 1.807) is 0 Å². The van der Waals surface area contributed by atoms with Gasteiger partial charge in [0.15, 0.2) is 0 Å². The molecule has 1 atom stereocenters. The summed E-state index contributed by atoms with van der Waals surface area (Å²) in [5.41, 5.74) is 3.77. The van der Waals surface area contributed by atoms with Crippen molar-refractivity contribution in [2.75, 3.05) is 0 Å². The average Bonchev–Trinajstić information content (AvgIpc) is 2.28. The Labute approximate surface area is 95.5 Å². The van der Waals surface area contributed by atoms with Gasteiger partial charge >= 0.3 is 5.97 Å². The average molecular weight is 219 g/mol. The van der Waals surface area contributed by atoms with E-state index in [1.807, 2.05) is 0 Å². The molecule has 1 aromatic carbocycles. The maximum absolute atomic E-state index is 10.9. The van der Waals surface area contributed by atoms with Gasteiger partial charge in [-0.2, -0.15) is 0 Å². The van der Waals surface area contributed by atoms with Crippen molar-refractivity contribution in [3.63, 3.8) is 0 Å². The molecule has 1 aliphatic rings. The fourth-order valence-corrected chi connectivity index (χ4v) is 2.19. The second kappa shape index (κ2) is 4.66. The Balaban J connectivity index is 2.18. The van der Waals surface area contributed by atoms with Gasteiger partial charge in [-0.05, 0) is 29.5 Å². The molecule has 0 bridgehead atoms. The molecule has 2 rings (SSSR count). The number of hydrogen-bond donors (Lipinski definition) is 2. The summed E-state index contributed by atoms with van der Waals surface area (Å²) in [5.74, 6) is -0.761. The molecule has 1 unspecified atom stereocenters. The Hall–Kier alpha value is -1.35. The van der Waals surface area contributed by atoms with E-state index in [1.165, 1.54) is 16.7 Å². The fourth-order valence-electron chi connectivity index (χ4n) is 2.19. The minimum absolute atomic E-state index is 0.426. The van der Waals surface area contributed by atoms with Gasteiger partial charge in [0.05, 0.1) is 0 Å². The van der Waals surface area contributed by atoms with Gasteiger partial charge in [-0.25, -0.2) is 0 Å². The van der Waals surface area contributed by atoms with Gasteiger partial charge in [0.2, 0.25) is 0 Å². The summed E-state index contributed by atoms with van der Waals surface area (Å²) in [4.78, 5) is 10.9. The highest BCUT2D eigenvalue weighted by molar-refractivity contribution is 5.74. The molecule has 0 spiro atoms. The van der Waals surface area contributed by atoms with Gasteiger partial charge in [-0.1, -0.05) is 31.5 Å². The van der Waals surface area contributed by atoms with Crippen molar-refractivity contribution >= 4 is 5.97 Å². The Morgan fingerprint density at radius 2 is 2.31 bits per heavy atom. The second-order valence-corrected chi connectivity index (χ2v) is 4.33. The van der Waals surface area contributed by atoms with Crippen LogP contribution in [0, 0.1) is 0 Å². The summed E-state index contributed by atoms with van der Waals surface area (Å²) in [5, 5.41) is 12.0. The highest BCUT2D eigenvalue weighted by atomic mass is 16.4. The predicted octanol–water partition coefficient (Wildman–Crippen LogP) is 1.74. The number of benzene rings is 1. The number of hydrogen-bond acceptors (Lipinski definition) is 2. The summed E-state index contributed by atoms with van der Waals surface area (Å²) >= 11 is 0. The van der Waals surface area contributed by atoms with Crippen LogP contribution in [0.5, 0.6) is 0 Å². The summed E-state index contributed by atoms with van der Waals surface area (Å²) in [6.45, 7) is 2.84. The van der Waals surface area contributed by atoms with E-state index in [9.17, 15) is 4.79 Å². The maximum atomic E-state index is 10.9. The first-order chi connectivity index (χ1) is 7.70. The van der Waals surface area contributed by atoms with Crippen LogP contribution >= 0.6 is 0 Å². The minimum Gasteiger partial charge on any atom is -0.480 e. The van der Waals surface area contributed by atoms with E-state index < -0.39 is 12.0 Å². The van der Waals surface area contributed by atoms with E-state index in [2.05, 4.69) is 30.4 Å². The Bertz CT molecular complexity index is 401. The molecular weight excluding hydrogens is 202 g/mol. The molecule has 0 radical (unpaired) electrons. The smallest absolute Gasteiger partial charge is 0.321 e. The van der Waals surface area contributed by atoms with Gasteiger partial charge in [-0.3, -0.25) is 4.79 Å². The van der Waals surface area contributed by atoms with Crippen molar-refractivity contribution in [2.24, 2.45) is 0 Å². The molecule has 1 aliphatic heterocycles. The Kier molecular flexibility index (Phi) is 3.25. The van der Waals surface area contributed by atoms with Crippen molar-refractivity contribution in [3.05, 3.63) is 34.9 Å². The number of fused-ring (bicyclic) bond motifs is 1. The number of nitrogens with one attached hydrogen (secondary N) is 1. The predicted molar refractivity (Wildman–Crippen MR) is 62.4 cm³/mol. The zero-order valence-electron chi connectivity index (χ0n) is 9.49. The van der Waals surface area contributed by atoms with Gasteiger partial charge in [0.25, 0.3) is 0 Å². The van der Waals surface area contributed by atoms with Crippen molar-refractivity contribution in [2.45, 2.75) is 38.8 Å². The first-order valence-corrected chi connectivity index (χ1v) is 5.77. The molecule has 0 aromatic heterocycles. The van der Waals surface area contributed by atoms with Crippen molar-refractivity contribution < 1.29 is 9.90 Å². The van der Waals surface area contributed by atoms with E-state index >= 15 is 0 Å². The van der Waals surface area contributed by atoms with Crippen LogP contribution in [0.4, 0.5) is 0 Å². The number of carboxylic acids is 1. The van der Waals surface area contributed by atoms with Crippen LogP contribution in [0.25, 0.3) is 0 Å². The first-order valence-electron chi connectivity index (χ1n) is 5.77. The molecule has 3 heteroatoms. The molecule has 86 valence electrons. The van der Waals surface area contributed by atoms with Crippen LogP contribution in [0.15, 0.2) is 18.2 Å². The van der Waals surface area contributed by atoms with Gasteiger partial charge in [-0.15, -0.1) is 0 Å². The van der Waals surface area contributed by atoms with E-state index in [0.717, 1.165) is 12.8 Å². The van der Waals surface area contributed by atoms with E-state index in [-0.39, 0.29) is 0 Å². The second-order valence-electron chi connectivity index (χ2n) is 4.33. The van der Waals surface area contributed by atoms with Crippen molar-refractivity contribution in [1.29, 1.82) is 0 Å². The molecule has 1 heterocycles. The largest absolute Gasteiger partial charge is 0.480 e. The lowest BCUT2D eigenvalue weighted by atomic mass is 9.93. The number of aryl methyl sites for hydroxylation is 1. The third kappa shape index (κ3) is 2.25. The normalized spacial score (nSPS) is 19.2. The third-order valence-electron chi connectivity index (χ3n) is 3.07. The molecule has 0 saturated heterocycles. The monoisotopic (exact) mass is 219 g/mol. The molecule has 3 nitrogen and oxygen atoms in total. The molecule has 1 aromatic rings. The lowest BCUT2D eigenvalue weighted by Crippen LogP contribution is -2.41. The minimum atomic E-state index is -0.761. The number of aliphatic carboxylic acids is 1. The third-order valence-corrected chi connectivity index (χ3v) is 3.07. The lowest BCUT2D eigenvalue weighted by Gasteiger charge is -2.23. The van der Waals surface area contributed by atoms with Crippen molar-refractivity contribution in [3.8, 4) is 0 Å². The van der Waals surface area contributed by atoms with Gasteiger partial charge < -0.3 is 10.4 Å². The molecule has 0 aliphatic carbocycles. The van der Waals surface area contributed by atoms with E-state index in [4.69, 9.17) is 5.11 Å². The topological polar surface area (TPSA) is 49.3 Å². The molecule has 2 N–H and O–H groups in total. The summed E-state index contributed by atoms with van der Waals surface area (Å²) in [6.07, 6.45) is 2.83. The van der Waals surface area contributed by atoms with Crippen LogP contribution in [0.1, 0.15) is 30.0 Å². The zero-order chi connectivity index (χ0) is 11.5. The SMILES string of the molecule is CCCc1ccc2c(c1)CNC(C(=O)O)C2. The molecular formula is C13H17NO2. The summed E-state index contributed by atoms with van der Waals surface area (Å²) in [6, 6.07) is 5.97. The van der Waals surface area contributed by atoms with Crippen molar-refractivity contribution in [1.82, 2.24) is 5.32 Å². The molecule has 16 heavy (non-hydrogen) atoms. The maximum Gasteiger partial charge on any atom is 0.321 e. The van der Waals surface area contributed by atoms with Crippen LogP contribution in [-0.4, -0.2) is 17.1 Å². The van der Waals surface area contributed by atoms with Crippen LogP contribution in [-0.2, 0) is 24.2 Å². The first kappa shape index (κ1) is 11.1. The molecule has 0 saturated carbocycles.